The SMILES string of the molecule is N#CC(C#N)=C1N(CCCN2CCOCC2)CCN1C1CCN(CCF)CC1. The molecule has 3 fully saturated rings. The number of hydrogen-bond acceptors (Lipinski definition) is 7. The number of rotatable bonds is 7. The molecule has 0 aliphatic carbocycles. The second-order valence-electron chi connectivity index (χ2n) is 7.67. The van der Waals surface area contributed by atoms with Crippen molar-refractivity contribution in [2.45, 2.75) is 25.3 Å². The third-order valence-electron chi connectivity index (χ3n) is 6.03. The first-order chi connectivity index (χ1) is 13.8. The number of morpholine rings is 1. The molecule has 3 heterocycles. The molecule has 8 heteroatoms. The molecule has 0 saturated carbocycles. The first-order valence-corrected chi connectivity index (χ1v) is 10.4. The average Bonchev–Trinajstić information content (AvgIpc) is 3.14. The maximum atomic E-state index is 12.6. The smallest absolute Gasteiger partial charge is 0.169 e. The van der Waals surface area contributed by atoms with E-state index in [0.29, 0.717) is 12.6 Å². The van der Waals surface area contributed by atoms with E-state index in [1.54, 1.807) is 0 Å². The van der Waals surface area contributed by atoms with Crippen LogP contribution in [0.3, 0.4) is 0 Å². The molecule has 0 radical (unpaired) electrons. The lowest BCUT2D eigenvalue weighted by Crippen LogP contribution is -2.44. The van der Waals surface area contributed by atoms with Crippen molar-refractivity contribution in [1.82, 2.24) is 19.6 Å². The molecule has 3 saturated heterocycles. The topological polar surface area (TPSA) is 69.8 Å². The Morgan fingerprint density at radius 3 is 2.25 bits per heavy atom. The standard InChI is InChI=1S/C20H31FN6O/c21-4-9-25-7-2-19(3-8-25)27-11-10-26(20(27)18(16-22)17-23)6-1-5-24-12-14-28-15-13-24/h19H,1-15H2. The van der Waals surface area contributed by atoms with E-state index in [2.05, 4.69) is 31.7 Å². The van der Waals surface area contributed by atoms with Crippen LogP contribution in [0.2, 0.25) is 0 Å². The monoisotopic (exact) mass is 390 g/mol. The zero-order chi connectivity index (χ0) is 19.8. The fourth-order valence-electron chi connectivity index (χ4n) is 4.51. The van der Waals surface area contributed by atoms with Crippen LogP contribution in [0.1, 0.15) is 19.3 Å². The Bertz CT molecular complexity index is 597. The summed E-state index contributed by atoms with van der Waals surface area (Å²) in [7, 11) is 0. The summed E-state index contributed by atoms with van der Waals surface area (Å²) in [6.45, 7) is 9.11. The lowest BCUT2D eigenvalue weighted by Gasteiger charge is -2.38. The van der Waals surface area contributed by atoms with Crippen molar-refractivity contribution in [3.05, 3.63) is 11.4 Å². The highest BCUT2D eigenvalue weighted by Crippen LogP contribution is 2.29. The number of nitrogens with zero attached hydrogens (tertiary/aromatic N) is 6. The van der Waals surface area contributed by atoms with Gasteiger partial charge in [-0.05, 0) is 19.3 Å². The predicted octanol–water partition coefficient (Wildman–Crippen LogP) is 1.02. The predicted molar refractivity (Wildman–Crippen MR) is 104 cm³/mol. The molecular formula is C20H31FN6O. The normalized spacial score (nSPS) is 22.3. The maximum Gasteiger partial charge on any atom is 0.169 e. The van der Waals surface area contributed by atoms with Crippen molar-refractivity contribution in [2.75, 3.05) is 78.8 Å². The van der Waals surface area contributed by atoms with Gasteiger partial charge in [0.2, 0.25) is 0 Å². The number of allylic oxidation sites excluding steroid dienone is 1. The van der Waals surface area contributed by atoms with Gasteiger partial charge in [0.05, 0.1) is 13.2 Å². The number of piperidine rings is 1. The first-order valence-electron chi connectivity index (χ1n) is 10.4. The number of alkyl halides is 1. The molecule has 7 nitrogen and oxygen atoms in total. The van der Waals surface area contributed by atoms with E-state index >= 15 is 0 Å². The Morgan fingerprint density at radius 2 is 1.61 bits per heavy atom. The lowest BCUT2D eigenvalue weighted by molar-refractivity contribution is 0.0365. The van der Waals surface area contributed by atoms with Crippen LogP contribution in [-0.2, 0) is 4.74 Å². The van der Waals surface area contributed by atoms with Crippen molar-refractivity contribution >= 4 is 0 Å². The molecule has 0 aromatic rings. The van der Waals surface area contributed by atoms with E-state index in [1.807, 2.05) is 0 Å². The average molecular weight is 391 g/mol. The Morgan fingerprint density at radius 1 is 0.929 bits per heavy atom. The minimum atomic E-state index is -0.302. The summed E-state index contributed by atoms with van der Waals surface area (Å²) in [4.78, 5) is 9.06. The van der Waals surface area contributed by atoms with Gasteiger partial charge < -0.3 is 19.4 Å². The molecule has 3 aliphatic rings. The molecule has 0 bridgehead atoms. The summed E-state index contributed by atoms with van der Waals surface area (Å²) in [6, 6.07) is 4.55. The number of nitriles is 2. The molecule has 0 spiro atoms. The van der Waals surface area contributed by atoms with E-state index in [4.69, 9.17) is 4.74 Å². The van der Waals surface area contributed by atoms with Crippen LogP contribution in [-0.4, -0.2) is 104 Å². The molecule has 3 rings (SSSR count). The molecular weight excluding hydrogens is 359 g/mol. The minimum absolute atomic E-state index is 0.218. The van der Waals surface area contributed by atoms with Crippen LogP contribution in [0.4, 0.5) is 4.39 Å². The minimum Gasteiger partial charge on any atom is -0.379 e. The van der Waals surface area contributed by atoms with Crippen molar-refractivity contribution in [1.29, 1.82) is 10.5 Å². The van der Waals surface area contributed by atoms with Crippen LogP contribution in [0, 0.1) is 22.7 Å². The molecule has 0 amide bonds. The fraction of sp³-hybridized carbons (Fsp3) is 0.800. The van der Waals surface area contributed by atoms with E-state index in [9.17, 15) is 14.9 Å². The quantitative estimate of drug-likeness (QED) is 0.601. The molecule has 0 unspecified atom stereocenters. The largest absolute Gasteiger partial charge is 0.379 e. The highest BCUT2D eigenvalue weighted by Gasteiger charge is 2.34. The zero-order valence-corrected chi connectivity index (χ0v) is 16.7. The van der Waals surface area contributed by atoms with Crippen LogP contribution in [0.5, 0.6) is 0 Å². The van der Waals surface area contributed by atoms with Gasteiger partial charge >= 0.3 is 0 Å². The van der Waals surface area contributed by atoms with Gasteiger partial charge in [0.25, 0.3) is 0 Å². The summed E-state index contributed by atoms with van der Waals surface area (Å²) in [6.07, 6.45) is 2.92. The summed E-state index contributed by atoms with van der Waals surface area (Å²) in [5, 5.41) is 19.0. The van der Waals surface area contributed by atoms with Crippen molar-refractivity contribution < 1.29 is 9.13 Å². The third kappa shape index (κ3) is 5.14. The number of hydrogen-bond donors (Lipinski definition) is 0. The van der Waals surface area contributed by atoms with Crippen molar-refractivity contribution in [2.24, 2.45) is 0 Å². The zero-order valence-electron chi connectivity index (χ0n) is 16.7. The molecule has 0 N–H and O–H groups in total. The molecule has 0 atom stereocenters. The van der Waals surface area contributed by atoms with Gasteiger partial charge in [0, 0.05) is 64.9 Å². The van der Waals surface area contributed by atoms with Crippen molar-refractivity contribution in [3.63, 3.8) is 0 Å². The maximum absolute atomic E-state index is 12.6. The Kier molecular flexibility index (Phi) is 7.90. The molecule has 3 aliphatic heterocycles. The Hall–Kier alpha value is -1.87. The van der Waals surface area contributed by atoms with E-state index < -0.39 is 0 Å². The third-order valence-corrected chi connectivity index (χ3v) is 6.03. The highest BCUT2D eigenvalue weighted by atomic mass is 19.1. The van der Waals surface area contributed by atoms with Crippen LogP contribution >= 0.6 is 0 Å². The van der Waals surface area contributed by atoms with Gasteiger partial charge in [0.15, 0.2) is 5.57 Å². The van der Waals surface area contributed by atoms with E-state index in [-0.39, 0.29) is 12.2 Å². The van der Waals surface area contributed by atoms with Crippen LogP contribution in [0.25, 0.3) is 0 Å². The second kappa shape index (κ2) is 10.6. The second-order valence-corrected chi connectivity index (χ2v) is 7.67. The highest BCUT2D eigenvalue weighted by molar-refractivity contribution is 5.40. The van der Waals surface area contributed by atoms with Gasteiger partial charge in [0.1, 0.15) is 24.6 Å². The van der Waals surface area contributed by atoms with Crippen LogP contribution < -0.4 is 0 Å². The van der Waals surface area contributed by atoms with Crippen LogP contribution in [0.15, 0.2) is 11.4 Å². The van der Waals surface area contributed by atoms with Gasteiger partial charge in [-0.1, -0.05) is 0 Å². The Balaban J connectivity index is 1.60. The van der Waals surface area contributed by atoms with E-state index in [1.165, 1.54) is 0 Å². The number of halogens is 1. The Labute approximate surface area is 167 Å². The van der Waals surface area contributed by atoms with E-state index in [0.717, 1.165) is 90.7 Å². The van der Waals surface area contributed by atoms with Gasteiger partial charge in [-0.25, -0.2) is 4.39 Å². The molecule has 0 aromatic heterocycles. The fourth-order valence-corrected chi connectivity index (χ4v) is 4.51. The first kappa shape index (κ1) is 20.9. The lowest BCUT2D eigenvalue weighted by atomic mass is 10.0. The summed E-state index contributed by atoms with van der Waals surface area (Å²) >= 11 is 0. The summed E-state index contributed by atoms with van der Waals surface area (Å²) < 4.78 is 18.0. The molecule has 28 heavy (non-hydrogen) atoms. The van der Waals surface area contributed by atoms with Gasteiger partial charge in [-0.2, -0.15) is 10.5 Å². The molecule has 154 valence electrons. The number of ether oxygens (including phenoxy) is 1. The number of likely N-dealkylation sites (tertiary alicyclic amines) is 1. The summed E-state index contributed by atoms with van der Waals surface area (Å²) in [5.74, 6) is 0.816. The van der Waals surface area contributed by atoms with Crippen molar-refractivity contribution in [3.8, 4) is 12.1 Å². The molecule has 0 aromatic carbocycles. The van der Waals surface area contributed by atoms with Gasteiger partial charge in [-0.15, -0.1) is 0 Å². The van der Waals surface area contributed by atoms with Gasteiger partial charge in [-0.3, -0.25) is 4.90 Å². The summed E-state index contributed by atoms with van der Waals surface area (Å²) in [5.41, 5.74) is 0.218.